The Bertz CT molecular complexity index is 608. The zero-order valence-corrected chi connectivity index (χ0v) is 13.2. The van der Waals surface area contributed by atoms with Crippen molar-refractivity contribution in [3.05, 3.63) is 54.3 Å². The zero-order valence-electron chi connectivity index (χ0n) is 10.8. The summed E-state index contributed by atoms with van der Waals surface area (Å²) in [6, 6.07) is 14.9. The lowest BCUT2D eigenvalue weighted by molar-refractivity contribution is 0.628. The van der Waals surface area contributed by atoms with Crippen LogP contribution in [0.5, 0.6) is 0 Å². The summed E-state index contributed by atoms with van der Waals surface area (Å²) in [7, 11) is 0. The minimum absolute atomic E-state index is 0.209. The number of hydrogen-bond donors (Lipinski definition) is 0. The van der Waals surface area contributed by atoms with Crippen molar-refractivity contribution in [2.75, 3.05) is 20.5 Å². The number of alkyl halides is 1. The van der Waals surface area contributed by atoms with E-state index in [4.69, 9.17) is 0 Å². The smallest absolute Gasteiger partial charge is 0.125 e. The average Bonchev–Trinajstić information content (AvgIpc) is 2.84. The second-order valence-electron chi connectivity index (χ2n) is 4.49. The van der Waals surface area contributed by atoms with Crippen molar-refractivity contribution in [1.82, 2.24) is 0 Å². The van der Waals surface area contributed by atoms with Crippen molar-refractivity contribution in [2.24, 2.45) is 0 Å². The first-order valence-corrected chi connectivity index (χ1v) is 8.31. The topological polar surface area (TPSA) is 6.48 Å². The lowest BCUT2D eigenvalue weighted by Crippen LogP contribution is -2.15. The molecule has 1 aliphatic heterocycles. The van der Waals surface area contributed by atoms with Gasteiger partial charge in [-0.3, -0.25) is 8.61 Å². The molecule has 0 saturated heterocycles. The van der Waals surface area contributed by atoms with Crippen LogP contribution in [0.25, 0.3) is 0 Å². The second-order valence-corrected chi connectivity index (χ2v) is 6.25. The van der Waals surface area contributed by atoms with Gasteiger partial charge in [0.25, 0.3) is 0 Å². The van der Waals surface area contributed by atoms with Crippen LogP contribution in [0.1, 0.15) is 6.42 Å². The highest BCUT2D eigenvalue weighted by Gasteiger charge is 2.27. The van der Waals surface area contributed by atoms with Gasteiger partial charge in [0.2, 0.25) is 0 Å². The van der Waals surface area contributed by atoms with E-state index in [0.717, 1.165) is 29.7 Å². The number of benzene rings is 2. The molecule has 0 spiro atoms. The third kappa shape index (κ3) is 2.65. The predicted molar refractivity (Wildman–Crippen MR) is 88.3 cm³/mol. The maximum atomic E-state index is 13.4. The lowest BCUT2D eigenvalue weighted by atomic mass is 10.2. The first-order chi connectivity index (χ1) is 9.79. The van der Waals surface area contributed by atoms with E-state index in [2.05, 4.69) is 36.7 Å². The molecule has 104 valence electrons. The molecule has 0 aromatic heterocycles. The summed E-state index contributed by atoms with van der Waals surface area (Å²) in [4.78, 5) is 0. The van der Waals surface area contributed by atoms with Crippen LogP contribution in [0.3, 0.4) is 0 Å². The van der Waals surface area contributed by atoms with Crippen molar-refractivity contribution in [2.45, 2.75) is 6.42 Å². The molecule has 1 aliphatic rings. The van der Waals surface area contributed by atoms with Gasteiger partial charge in [-0.2, -0.15) is 0 Å². The van der Waals surface area contributed by atoms with E-state index in [1.807, 2.05) is 18.2 Å². The minimum atomic E-state index is -0.209. The second kappa shape index (κ2) is 6.06. The van der Waals surface area contributed by atoms with Crippen LogP contribution in [0.2, 0.25) is 0 Å². The highest BCUT2D eigenvalue weighted by Crippen LogP contribution is 2.48. The van der Waals surface area contributed by atoms with E-state index in [1.165, 1.54) is 11.8 Å². The first-order valence-electron chi connectivity index (χ1n) is 6.46. The molecule has 5 heteroatoms. The molecular weight excluding hydrogens is 339 g/mol. The van der Waals surface area contributed by atoms with E-state index < -0.39 is 0 Å². The molecule has 0 unspecified atom stereocenters. The molecule has 0 fully saturated rings. The zero-order chi connectivity index (χ0) is 13.9. The summed E-state index contributed by atoms with van der Waals surface area (Å²) >= 11 is 5.09. The Morgan fingerprint density at radius 3 is 2.60 bits per heavy atom. The van der Waals surface area contributed by atoms with Crippen LogP contribution >= 0.6 is 28.1 Å². The maximum absolute atomic E-state index is 13.4. The Kier molecular flexibility index (Phi) is 4.17. The van der Waals surface area contributed by atoms with Crippen molar-refractivity contribution < 1.29 is 4.39 Å². The molecule has 2 aromatic carbocycles. The monoisotopic (exact) mass is 352 g/mol. The number of hydrogen-bond acceptors (Lipinski definition) is 3. The van der Waals surface area contributed by atoms with E-state index in [0.29, 0.717) is 0 Å². The Labute approximate surface area is 131 Å². The fraction of sp³-hybridized carbons (Fsp3) is 0.200. The molecule has 0 saturated carbocycles. The number of halogens is 2. The highest BCUT2D eigenvalue weighted by atomic mass is 79.9. The average molecular weight is 353 g/mol. The summed E-state index contributed by atoms with van der Waals surface area (Å²) in [6.07, 6.45) is 1.07. The quantitative estimate of drug-likeness (QED) is 0.556. The summed E-state index contributed by atoms with van der Waals surface area (Å²) in [5.41, 5.74) is 3.16. The van der Waals surface area contributed by atoms with Crippen LogP contribution in [0.4, 0.5) is 21.5 Å². The van der Waals surface area contributed by atoms with E-state index in [1.54, 1.807) is 24.3 Å². The Morgan fingerprint density at radius 1 is 1.05 bits per heavy atom. The predicted octanol–water partition coefficient (Wildman–Crippen LogP) is 5.13. The molecule has 0 atom stereocenters. The van der Waals surface area contributed by atoms with Gasteiger partial charge in [0.05, 0.1) is 29.2 Å². The van der Waals surface area contributed by atoms with Gasteiger partial charge >= 0.3 is 0 Å². The normalized spacial score (nSPS) is 13.7. The molecule has 0 radical (unpaired) electrons. The molecule has 0 amide bonds. The maximum Gasteiger partial charge on any atom is 0.125 e. The largest absolute Gasteiger partial charge is 0.296 e. The summed E-state index contributed by atoms with van der Waals surface area (Å²) in [5, 5.41) is 0.978. The fourth-order valence-corrected chi connectivity index (χ4v) is 3.54. The molecule has 3 rings (SSSR count). The van der Waals surface area contributed by atoms with Crippen LogP contribution < -0.4 is 8.61 Å². The first kappa shape index (κ1) is 13.8. The number of nitrogens with zero attached hydrogens (tertiary/aromatic N) is 2. The Morgan fingerprint density at radius 2 is 1.85 bits per heavy atom. The van der Waals surface area contributed by atoms with E-state index >= 15 is 0 Å². The van der Waals surface area contributed by atoms with Gasteiger partial charge in [0.15, 0.2) is 0 Å². The third-order valence-corrected chi connectivity index (χ3v) is 4.79. The van der Waals surface area contributed by atoms with Gasteiger partial charge in [-0.25, -0.2) is 4.39 Å². The Hall–Kier alpha value is -1.20. The molecule has 0 N–H and O–H groups in total. The standard InChI is InChI=1S/C15H14BrFN2S/c16-9-4-10-18-14-7-1-2-8-15(14)19(20-18)13-6-3-5-12(17)11-13/h1-3,5-8,11H,4,9-10H2. The summed E-state index contributed by atoms with van der Waals surface area (Å²) < 4.78 is 17.8. The van der Waals surface area contributed by atoms with E-state index in [9.17, 15) is 4.39 Å². The highest BCUT2D eigenvalue weighted by molar-refractivity contribution is 9.09. The van der Waals surface area contributed by atoms with Gasteiger partial charge in [0, 0.05) is 11.9 Å². The fourth-order valence-electron chi connectivity index (χ4n) is 2.19. The molecule has 0 aliphatic carbocycles. The van der Waals surface area contributed by atoms with Crippen LogP contribution in [-0.4, -0.2) is 11.9 Å². The molecule has 2 nitrogen and oxygen atoms in total. The number of rotatable bonds is 4. The third-order valence-electron chi connectivity index (χ3n) is 3.09. The van der Waals surface area contributed by atoms with Gasteiger partial charge in [0.1, 0.15) is 5.82 Å². The van der Waals surface area contributed by atoms with Crippen molar-refractivity contribution in [3.8, 4) is 0 Å². The SMILES string of the molecule is Fc1cccc(N2SN(CCCBr)c3ccccc32)c1. The summed E-state index contributed by atoms with van der Waals surface area (Å²) in [5.74, 6) is -0.209. The van der Waals surface area contributed by atoms with Gasteiger partial charge in [-0.05, 0) is 36.8 Å². The van der Waals surface area contributed by atoms with E-state index in [-0.39, 0.29) is 5.82 Å². The van der Waals surface area contributed by atoms with Crippen LogP contribution in [0.15, 0.2) is 48.5 Å². The van der Waals surface area contributed by atoms with Gasteiger partial charge in [-0.1, -0.05) is 34.1 Å². The van der Waals surface area contributed by atoms with Crippen molar-refractivity contribution >= 4 is 45.1 Å². The Balaban J connectivity index is 1.94. The minimum Gasteiger partial charge on any atom is -0.296 e. The molecule has 0 bridgehead atoms. The lowest BCUT2D eigenvalue weighted by Gasteiger charge is -2.19. The molecule has 20 heavy (non-hydrogen) atoms. The molecular formula is C15H14BrFN2S. The summed E-state index contributed by atoms with van der Waals surface area (Å²) in [6.45, 7) is 0.957. The van der Waals surface area contributed by atoms with Gasteiger partial charge in [-0.15, -0.1) is 0 Å². The number of anilines is 3. The number of fused-ring (bicyclic) bond motifs is 1. The van der Waals surface area contributed by atoms with Crippen LogP contribution in [-0.2, 0) is 0 Å². The van der Waals surface area contributed by atoms with Gasteiger partial charge < -0.3 is 0 Å². The number of para-hydroxylation sites is 2. The van der Waals surface area contributed by atoms with Crippen molar-refractivity contribution in [3.63, 3.8) is 0 Å². The van der Waals surface area contributed by atoms with Crippen LogP contribution in [0, 0.1) is 5.82 Å². The molecule has 1 heterocycles. The van der Waals surface area contributed by atoms with Crippen molar-refractivity contribution in [1.29, 1.82) is 0 Å². The molecule has 2 aromatic rings.